The van der Waals surface area contributed by atoms with Crippen LogP contribution in [0.15, 0.2) is 29.3 Å². The molecule has 1 N–H and O–H groups in total. The van der Waals surface area contributed by atoms with Gasteiger partial charge in [-0.15, -0.1) is 24.0 Å². The van der Waals surface area contributed by atoms with Crippen molar-refractivity contribution < 1.29 is 4.74 Å². The number of hydrogen-bond acceptors (Lipinski definition) is 3. The number of likely N-dealkylation sites (tertiary alicyclic amines) is 1. The van der Waals surface area contributed by atoms with Gasteiger partial charge in [0.05, 0.1) is 23.2 Å². The molecule has 5 rings (SSSR count). The molecule has 3 saturated heterocycles. The first kappa shape index (κ1) is 19.0. The maximum absolute atomic E-state index is 6.09. The molecule has 27 heavy (non-hydrogen) atoms. The van der Waals surface area contributed by atoms with E-state index in [9.17, 15) is 0 Å². The number of halogens is 1. The van der Waals surface area contributed by atoms with Gasteiger partial charge in [0.1, 0.15) is 5.82 Å². The number of benzene rings is 1. The molecule has 1 aromatic carbocycles. The highest BCUT2D eigenvalue weighted by Gasteiger charge is 2.53. The number of guanidine groups is 1. The number of hydrogen-bond donors (Lipinski definition) is 1. The Hall–Kier alpha value is -1.35. The molecule has 4 heterocycles. The van der Waals surface area contributed by atoms with E-state index in [0.29, 0.717) is 24.0 Å². The lowest BCUT2D eigenvalue weighted by Crippen LogP contribution is -2.42. The average molecular weight is 481 g/mol. The van der Waals surface area contributed by atoms with Crippen molar-refractivity contribution in [1.29, 1.82) is 0 Å². The molecule has 146 valence electrons. The molecule has 7 heteroatoms. The summed E-state index contributed by atoms with van der Waals surface area (Å²) in [6, 6.07) is 8.33. The van der Waals surface area contributed by atoms with Gasteiger partial charge in [-0.3, -0.25) is 4.99 Å². The molecule has 0 aliphatic carbocycles. The number of aryl methyl sites for hydroxylation is 1. The Morgan fingerprint density at radius 1 is 1.22 bits per heavy atom. The molecule has 3 aliphatic heterocycles. The third-order valence-corrected chi connectivity index (χ3v) is 6.43. The minimum Gasteiger partial charge on any atom is -0.374 e. The first-order valence-electron chi connectivity index (χ1n) is 9.77. The fourth-order valence-corrected chi connectivity index (χ4v) is 5.22. The maximum atomic E-state index is 6.09. The number of nitrogens with one attached hydrogen (secondary N) is 1. The van der Waals surface area contributed by atoms with Crippen molar-refractivity contribution in [2.24, 2.45) is 16.8 Å². The summed E-state index contributed by atoms with van der Waals surface area (Å²) >= 11 is 0. The van der Waals surface area contributed by atoms with Crippen LogP contribution >= 0.6 is 24.0 Å². The van der Waals surface area contributed by atoms with Crippen molar-refractivity contribution >= 4 is 41.0 Å². The van der Waals surface area contributed by atoms with Crippen molar-refractivity contribution in [3.63, 3.8) is 0 Å². The van der Waals surface area contributed by atoms with Crippen molar-refractivity contribution in [1.82, 2.24) is 19.8 Å². The number of aromatic nitrogens is 2. The smallest absolute Gasteiger partial charge is 0.193 e. The Morgan fingerprint density at radius 2 is 1.93 bits per heavy atom. The van der Waals surface area contributed by atoms with Crippen LogP contribution in [0.4, 0.5) is 0 Å². The lowest BCUT2D eigenvalue weighted by molar-refractivity contribution is 0.0767. The van der Waals surface area contributed by atoms with Gasteiger partial charge >= 0.3 is 0 Å². The van der Waals surface area contributed by atoms with Crippen LogP contribution in [0.1, 0.15) is 18.7 Å². The second-order valence-electron chi connectivity index (χ2n) is 7.80. The van der Waals surface area contributed by atoms with E-state index >= 15 is 0 Å². The number of ether oxygens (including phenoxy) is 1. The van der Waals surface area contributed by atoms with E-state index in [4.69, 9.17) is 4.74 Å². The molecule has 4 atom stereocenters. The Bertz CT molecular complexity index is 832. The van der Waals surface area contributed by atoms with Gasteiger partial charge in [0.2, 0.25) is 0 Å². The zero-order chi connectivity index (χ0) is 17.7. The predicted octanol–water partition coefficient (Wildman–Crippen LogP) is 2.65. The third kappa shape index (κ3) is 3.22. The number of nitrogens with zero attached hydrogens (tertiary/aromatic N) is 4. The van der Waals surface area contributed by atoms with E-state index in [1.807, 2.05) is 13.1 Å². The van der Waals surface area contributed by atoms with Gasteiger partial charge in [0.15, 0.2) is 5.96 Å². The molecule has 0 amide bonds. The quantitative estimate of drug-likeness (QED) is 0.416. The normalized spacial score (nSPS) is 29.3. The van der Waals surface area contributed by atoms with E-state index in [2.05, 4.69) is 49.9 Å². The summed E-state index contributed by atoms with van der Waals surface area (Å²) in [5.74, 6) is 3.49. The lowest BCUT2D eigenvalue weighted by atomic mass is 9.82. The van der Waals surface area contributed by atoms with Crippen LogP contribution in [-0.4, -0.2) is 59.3 Å². The fraction of sp³-hybridized carbons (Fsp3) is 0.600. The predicted molar refractivity (Wildman–Crippen MR) is 118 cm³/mol. The Balaban J connectivity index is 0.00000180. The van der Waals surface area contributed by atoms with Crippen molar-refractivity contribution in [3.05, 3.63) is 30.1 Å². The van der Waals surface area contributed by atoms with E-state index in [1.165, 1.54) is 18.4 Å². The van der Waals surface area contributed by atoms with Crippen LogP contribution in [0.3, 0.4) is 0 Å². The van der Waals surface area contributed by atoms with Crippen LogP contribution in [0.25, 0.3) is 11.0 Å². The van der Waals surface area contributed by atoms with Gasteiger partial charge in [-0.1, -0.05) is 12.1 Å². The van der Waals surface area contributed by atoms with Gasteiger partial charge in [-0.25, -0.2) is 4.98 Å². The topological polar surface area (TPSA) is 54.7 Å². The second-order valence-corrected chi connectivity index (χ2v) is 7.80. The SMILES string of the molecule is CN=C(NCCn1c(C)nc2ccccc21)N1CC2C3CCC(O3)C2C1.I. The highest BCUT2D eigenvalue weighted by atomic mass is 127. The van der Waals surface area contributed by atoms with Gasteiger partial charge in [-0.05, 0) is 31.9 Å². The number of fused-ring (bicyclic) bond motifs is 6. The van der Waals surface area contributed by atoms with Crippen LogP contribution in [0.2, 0.25) is 0 Å². The Labute approximate surface area is 177 Å². The third-order valence-electron chi connectivity index (χ3n) is 6.43. The Kier molecular flexibility index (Phi) is 5.33. The first-order chi connectivity index (χ1) is 12.7. The summed E-state index contributed by atoms with van der Waals surface area (Å²) in [5, 5.41) is 3.57. The van der Waals surface area contributed by atoms with E-state index in [1.54, 1.807) is 0 Å². The number of imidazole rings is 1. The van der Waals surface area contributed by atoms with Gasteiger partial charge in [-0.2, -0.15) is 0 Å². The minimum absolute atomic E-state index is 0. The molecular formula is C20H28IN5O. The first-order valence-corrected chi connectivity index (χ1v) is 9.77. The highest BCUT2D eigenvalue weighted by Crippen LogP contribution is 2.47. The van der Waals surface area contributed by atoms with E-state index in [0.717, 1.165) is 43.5 Å². The van der Waals surface area contributed by atoms with Crippen LogP contribution in [-0.2, 0) is 11.3 Å². The summed E-state index contributed by atoms with van der Waals surface area (Å²) in [7, 11) is 1.89. The zero-order valence-electron chi connectivity index (χ0n) is 16.0. The van der Waals surface area contributed by atoms with E-state index < -0.39 is 0 Å². The molecule has 1 aromatic heterocycles. The monoisotopic (exact) mass is 481 g/mol. The summed E-state index contributed by atoms with van der Waals surface area (Å²) in [6.45, 7) is 5.98. The van der Waals surface area contributed by atoms with Crippen molar-refractivity contribution in [2.45, 2.75) is 38.5 Å². The summed E-state index contributed by atoms with van der Waals surface area (Å²) < 4.78 is 8.37. The molecule has 6 nitrogen and oxygen atoms in total. The van der Waals surface area contributed by atoms with Crippen molar-refractivity contribution in [2.75, 3.05) is 26.7 Å². The summed E-state index contributed by atoms with van der Waals surface area (Å²) in [6.07, 6.45) is 3.48. The molecule has 0 spiro atoms. The maximum Gasteiger partial charge on any atom is 0.193 e. The number of para-hydroxylation sites is 2. The van der Waals surface area contributed by atoms with Crippen LogP contribution in [0.5, 0.6) is 0 Å². The molecule has 0 radical (unpaired) electrons. The largest absolute Gasteiger partial charge is 0.374 e. The van der Waals surface area contributed by atoms with Crippen LogP contribution < -0.4 is 5.32 Å². The van der Waals surface area contributed by atoms with E-state index in [-0.39, 0.29) is 24.0 Å². The summed E-state index contributed by atoms with van der Waals surface area (Å²) in [4.78, 5) is 11.6. The second kappa shape index (κ2) is 7.58. The van der Waals surface area contributed by atoms with Gasteiger partial charge in [0, 0.05) is 45.1 Å². The molecule has 3 aliphatic rings. The molecule has 4 unspecified atom stereocenters. The zero-order valence-corrected chi connectivity index (χ0v) is 18.3. The average Bonchev–Trinajstić information content (AvgIpc) is 3.39. The fourth-order valence-electron chi connectivity index (χ4n) is 5.22. The van der Waals surface area contributed by atoms with Crippen molar-refractivity contribution in [3.8, 4) is 0 Å². The molecule has 3 fully saturated rings. The molecule has 2 bridgehead atoms. The number of rotatable bonds is 3. The molecule has 0 saturated carbocycles. The minimum atomic E-state index is 0. The van der Waals surface area contributed by atoms with Crippen LogP contribution in [0, 0.1) is 18.8 Å². The summed E-state index contributed by atoms with van der Waals surface area (Å²) in [5.41, 5.74) is 2.27. The molecular weight excluding hydrogens is 453 g/mol. The lowest BCUT2D eigenvalue weighted by Gasteiger charge is -2.23. The van der Waals surface area contributed by atoms with Gasteiger partial charge < -0.3 is 19.5 Å². The Morgan fingerprint density at radius 3 is 2.63 bits per heavy atom. The highest BCUT2D eigenvalue weighted by molar-refractivity contribution is 14.0. The molecule has 2 aromatic rings. The number of aliphatic imine (C=N–C) groups is 1. The standard InChI is InChI=1S/C20H27N5O.HI/c1-13-23-16-5-3-4-6-17(16)25(13)10-9-22-20(21-2)24-11-14-15(12-24)19-8-7-18(14)26-19;/h3-6,14-15,18-19H,7-12H2,1-2H3,(H,21,22);1H. The van der Waals surface area contributed by atoms with Gasteiger partial charge in [0.25, 0.3) is 0 Å².